The van der Waals surface area contributed by atoms with Gasteiger partial charge in [-0.15, -0.1) is 10.1 Å². The van der Waals surface area contributed by atoms with Crippen LogP contribution in [0.5, 0.6) is 5.75 Å². The summed E-state index contributed by atoms with van der Waals surface area (Å²) in [5, 5.41) is 10.9. The Hall–Kier alpha value is -3.89. The molecule has 32 heavy (non-hydrogen) atoms. The lowest BCUT2D eigenvalue weighted by molar-refractivity contribution is -0.757. The van der Waals surface area contributed by atoms with Gasteiger partial charge in [-0.25, -0.2) is 0 Å². The molecule has 172 valence electrons. The van der Waals surface area contributed by atoms with Gasteiger partial charge in [-0.2, -0.15) is 0 Å². The van der Waals surface area contributed by atoms with Crippen molar-refractivity contribution in [3.05, 3.63) is 52.1 Å². The minimum absolute atomic E-state index is 0.327. The van der Waals surface area contributed by atoms with Crippen LogP contribution in [0.25, 0.3) is 10.8 Å². The predicted molar refractivity (Wildman–Crippen MR) is 111 cm³/mol. The van der Waals surface area contributed by atoms with Crippen molar-refractivity contribution in [2.24, 2.45) is 0 Å². The lowest BCUT2D eigenvalue weighted by Gasteiger charge is -2.17. The van der Waals surface area contributed by atoms with Crippen LogP contribution < -0.4 is 4.74 Å². The molecule has 0 unspecified atom stereocenters. The van der Waals surface area contributed by atoms with E-state index in [1.54, 1.807) is 20.1 Å². The molecule has 11 nitrogen and oxygen atoms in total. The summed E-state index contributed by atoms with van der Waals surface area (Å²) in [5.41, 5.74) is 0.731. The molecule has 0 heterocycles. The van der Waals surface area contributed by atoms with E-state index >= 15 is 0 Å². The van der Waals surface area contributed by atoms with Gasteiger partial charge in [0.05, 0.1) is 13.0 Å². The highest BCUT2D eigenvalue weighted by atomic mass is 17.0. The van der Waals surface area contributed by atoms with E-state index in [0.29, 0.717) is 0 Å². The van der Waals surface area contributed by atoms with E-state index in [1.165, 1.54) is 7.05 Å². The van der Waals surface area contributed by atoms with Gasteiger partial charge in [-0.05, 0) is 35.4 Å². The first kappa shape index (κ1) is 24.4. The van der Waals surface area contributed by atoms with Gasteiger partial charge in [0.1, 0.15) is 25.5 Å². The molecule has 0 bridgehead atoms. The van der Waals surface area contributed by atoms with E-state index in [1.807, 2.05) is 30.3 Å². The van der Waals surface area contributed by atoms with Crippen molar-refractivity contribution < 1.29 is 38.5 Å². The quantitative estimate of drug-likeness (QED) is 0.218. The zero-order valence-corrected chi connectivity index (χ0v) is 17.9. The van der Waals surface area contributed by atoms with Crippen LogP contribution in [-0.2, 0) is 28.7 Å². The van der Waals surface area contributed by atoms with Crippen LogP contribution in [0.3, 0.4) is 0 Å². The van der Waals surface area contributed by atoms with Crippen LogP contribution in [0.1, 0.15) is 18.4 Å². The fourth-order valence-corrected chi connectivity index (χ4v) is 2.74. The smallest absolute Gasteiger partial charge is 0.325 e. The second-order valence-corrected chi connectivity index (χ2v) is 6.83. The number of fused-ring (bicyclic) bond motifs is 1. The van der Waals surface area contributed by atoms with Gasteiger partial charge in [0.2, 0.25) is 0 Å². The third-order valence-corrected chi connectivity index (χ3v) is 4.60. The maximum Gasteiger partial charge on any atom is 0.325 e. The molecule has 0 spiro atoms. The number of hydrogen-bond acceptors (Lipinski definition) is 9. The monoisotopic (exact) mass is 448 g/mol. The number of rotatable bonds is 11. The normalized spacial score (nSPS) is 11.3. The van der Waals surface area contributed by atoms with Gasteiger partial charge < -0.3 is 23.9 Å². The van der Waals surface area contributed by atoms with Crippen molar-refractivity contribution in [3.63, 3.8) is 0 Å². The number of esters is 2. The Morgan fingerprint density at radius 3 is 2.44 bits per heavy atom. The lowest BCUT2D eigenvalue weighted by atomic mass is 9.98. The van der Waals surface area contributed by atoms with E-state index in [2.05, 4.69) is 4.84 Å². The molecule has 0 saturated heterocycles. The molecule has 0 aliphatic rings. The molecule has 0 fully saturated rings. The fourth-order valence-electron chi connectivity index (χ4n) is 2.74. The molecule has 2 aromatic rings. The predicted octanol–water partition coefficient (Wildman–Crippen LogP) is 1.70. The van der Waals surface area contributed by atoms with Crippen molar-refractivity contribution in [2.75, 3.05) is 40.5 Å². The number of methoxy groups -OCH3 is 1. The summed E-state index contributed by atoms with van der Waals surface area (Å²) in [6, 6.07) is 11.1. The van der Waals surface area contributed by atoms with Crippen LogP contribution in [0, 0.1) is 10.1 Å². The molecule has 0 aliphatic carbocycles. The van der Waals surface area contributed by atoms with Crippen molar-refractivity contribution in [1.82, 2.24) is 4.90 Å². The number of carbonyl (C=O) groups is 3. The van der Waals surface area contributed by atoms with E-state index in [-0.39, 0.29) is 6.61 Å². The molecular formula is C21H24N2O9. The average molecular weight is 448 g/mol. The number of ether oxygens (including phenoxy) is 3. The van der Waals surface area contributed by atoms with E-state index in [0.717, 1.165) is 27.0 Å². The highest BCUT2D eigenvalue weighted by molar-refractivity contribution is 5.88. The molecule has 2 aromatic carbocycles. The molecule has 2 rings (SSSR count). The molecule has 0 aliphatic heterocycles. The highest BCUT2D eigenvalue weighted by Crippen LogP contribution is 2.25. The summed E-state index contributed by atoms with van der Waals surface area (Å²) in [6.07, 6.45) is 0. The SMILES string of the molecule is COc1ccc2cc([C@H](C)C(=O)OCC(=O)N(C)CC(=O)OCCO[N+](=O)[O-])ccc2c1. The van der Waals surface area contributed by atoms with Crippen molar-refractivity contribution in [1.29, 1.82) is 0 Å². The molecule has 0 radical (unpaired) electrons. The minimum Gasteiger partial charge on any atom is -0.497 e. The van der Waals surface area contributed by atoms with Crippen molar-refractivity contribution in [3.8, 4) is 5.75 Å². The van der Waals surface area contributed by atoms with Crippen LogP contribution in [0.4, 0.5) is 0 Å². The Labute approximate surface area is 183 Å². The van der Waals surface area contributed by atoms with E-state index < -0.39 is 48.6 Å². The maximum atomic E-state index is 12.4. The second-order valence-electron chi connectivity index (χ2n) is 6.83. The van der Waals surface area contributed by atoms with Gasteiger partial charge in [0.25, 0.3) is 11.0 Å². The molecule has 11 heteroatoms. The van der Waals surface area contributed by atoms with Gasteiger partial charge in [0.15, 0.2) is 6.61 Å². The van der Waals surface area contributed by atoms with E-state index in [4.69, 9.17) is 14.2 Å². The van der Waals surface area contributed by atoms with Crippen LogP contribution >= 0.6 is 0 Å². The Bertz CT molecular complexity index is 992. The fraction of sp³-hybridized carbons (Fsp3) is 0.381. The number of benzene rings is 2. The summed E-state index contributed by atoms with van der Waals surface area (Å²) in [7, 11) is 2.93. The molecule has 0 saturated carbocycles. The summed E-state index contributed by atoms with van der Waals surface area (Å²) >= 11 is 0. The standard InChI is InChI=1S/C21H24N2O9/c1-14(15-4-5-17-11-18(29-3)7-6-16(17)10-15)21(26)31-13-19(24)22(2)12-20(25)30-8-9-32-23(27)28/h4-7,10-11,14H,8-9,12-13H2,1-3H3/t14-/m0/s1. The van der Waals surface area contributed by atoms with Crippen LogP contribution in [-0.4, -0.2) is 68.4 Å². The number of nitrogens with zero attached hydrogens (tertiary/aromatic N) is 2. The van der Waals surface area contributed by atoms with Crippen LogP contribution in [0.15, 0.2) is 36.4 Å². The van der Waals surface area contributed by atoms with Gasteiger partial charge in [-0.3, -0.25) is 14.4 Å². The zero-order chi connectivity index (χ0) is 23.7. The number of hydrogen-bond donors (Lipinski definition) is 0. The minimum atomic E-state index is -1.01. The molecule has 1 amide bonds. The second kappa shape index (κ2) is 11.5. The Balaban J connectivity index is 1.83. The number of carbonyl (C=O) groups excluding carboxylic acids is 3. The van der Waals surface area contributed by atoms with Crippen molar-refractivity contribution >= 4 is 28.6 Å². The van der Waals surface area contributed by atoms with Crippen molar-refractivity contribution in [2.45, 2.75) is 12.8 Å². The highest BCUT2D eigenvalue weighted by Gasteiger charge is 2.21. The van der Waals surface area contributed by atoms with Gasteiger partial charge in [0, 0.05) is 7.05 Å². The third-order valence-electron chi connectivity index (χ3n) is 4.60. The Kier molecular flexibility index (Phi) is 8.75. The first-order chi connectivity index (χ1) is 15.2. The first-order valence-corrected chi connectivity index (χ1v) is 9.62. The summed E-state index contributed by atoms with van der Waals surface area (Å²) in [4.78, 5) is 51.2. The molecular weight excluding hydrogens is 424 g/mol. The number of likely N-dealkylation sites (N-methyl/N-ethyl adjacent to an activating group) is 1. The topological polar surface area (TPSA) is 135 Å². The first-order valence-electron chi connectivity index (χ1n) is 9.62. The van der Waals surface area contributed by atoms with E-state index in [9.17, 15) is 24.5 Å². The largest absolute Gasteiger partial charge is 0.497 e. The molecule has 0 N–H and O–H groups in total. The molecule has 0 aromatic heterocycles. The summed E-state index contributed by atoms with van der Waals surface area (Å²) in [5.74, 6) is -1.84. The number of amides is 1. The Morgan fingerprint density at radius 1 is 1.06 bits per heavy atom. The average Bonchev–Trinajstić information content (AvgIpc) is 2.78. The van der Waals surface area contributed by atoms with Gasteiger partial charge >= 0.3 is 11.9 Å². The Morgan fingerprint density at radius 2 is 1.75 bits per heavy atom. The van der Waals surface area contributed by atoms with Crippen LogP contribution in [0.2, 0.25) is 0 Å². The lowest BCUT2D eigenvalue weighted by Crippen LogP contribution is -2.36. The summed E-state index contributed by atoms with van der Waals surface area (Å²) in [6.45, 7) is -0.00656. The van der Waals surface area contributed by atoms with Gasteiger partial charge in [-0.1, -0.05) is 24.3 Å². The maximum absolute atomic E-state index is 12.4. The third kappa shape index (κ3) is 7.11. The zero-order valence-electron chi connectivity index (χ0n) is 17.9. The molecule has 1 atom stereocenters. The summed E-state index contributed by atoms with van der Waals surface area (Å²) < 4.78 is 15.0.